The van der Waals surface area contributed by atoms with E-state index in [9.17, 15) is 4.79 Å². The molecule has 0 spiro atoms. The number of benzene rings is 1. The van der Waals surface area contributed by atoms with Crippen LogP contribution in [0.25, 0.3) is 10.6 Å². The fourth-order valence-corrected chi connectivity index (χ4v) is 4.23. The molecule has 2 heterocycles. The zero-order chi connectivity index (χ0) is 19.8. The van der Waals surface area contributed by atoms with Crippen LogP contribution in [0.15, 0.2) is 23.6 Å². The summed E-state index contributed by atoms with van der Waals surface area (Å²) in [5, 5.41) is 9.81. The van der Waals surface area contributed by atoms with Crippen LogP contribution in [0.4, 0.5) is 16.0 Å². The van der Waals surface area contributed by atoms with Crippen LogP contribution in [0.2, 0.25) is 0 Å². The molecule has 0 saturated carbocycles. The van der Waals surface area contributed by atoms with Crippen molar-refractivity contribution >= 4 is 44.5 Å². The van der Waals surface area contributed by atoms with E-state index in [4.69, 9.17) is 4.98 Å². The summed E-state index contributed by atoms with van der Waals surface area (Å²) in [6.07, 6.45) is 0. The number of para-hydroxylation sites is 1. The highest BCUT2D eigenvalue weighted by Gasteiger charge is 2.23. The molecule has 0 atom stereocenters. The second-order valence-electron chi connectivity index (χ2n) is 7.57. The van der Waals surface area contributed by atoms with E-state index in [1.165, 1.54) is 22.5 Å². The lowest BCUT2D eigenvalue weighted by Crippen LogP contribution is -2.27. The third kappa shape index (κ3) is 4.36. The van der Waals surface area contributed by atoms with Gasteiger partial charge < -0.3 is 10.6 Å². The largest absolute Gasteiger partial charge is 0.331 e. The highest BCUT2D eigenvalue weighted by Crippen LogP contribution is 2.36. The van der Waals surface area contributed by atoms with Crippen LogP contribution in [0.5, 0.6) is 0 Å². The first-order valence-corrected chi connectivity index (χ1v) is 10.4. The molecule has 5 nitrogen and oxygen atoms in total. The van der Waals surface area contributed by atoms with Crippen LogP contribution < -0.4 is 10.6 Å². The van der Waals surface area contributed by atoms with Gasteiger partial charge in [0.15, 0.2) is 10.3 Å². The maximum absolute atomic E-state index is 12.2. The number of thiazole rings is 2. The lowest BCUT2D eigenvalue weighted by molar-refractivity contribution is -0.123. The molecular weight excluding hydrogens is 376 g/mol. The van der Waals surface area contributed by atoms with Gasteiger partial charge in [0.1, 0.15) is 0 Å². The van der Waals surface area contributed by atoms with Crippen molar-refractivity contribution in [3.63, 3.8) is 0 Å². The van der Waals surface area contributed by atoms with Crippen molar-refractivity contribution in [2.75, 3.05) is 10.6 Å². The number of aryl methyl sites for hydroxylation is 3. The monoisotopic (exact) mass is 400 g/mol. The average molecular weight is 401 g/mol. The summed E-state index contributed by atoms with van der Waals surface area (Å²) in [5.74, 6) is -0.0431. The number of nitrogens with one attached hydrogen (secondary N) is 2. The second kappa shape index (κ2) is 7.40. The molecule has 3 aromatic rings. The molecule has 2 N–H and O–H groups in total. The summed E-state index contributed by atoms with van der Waals surface area (Å²) < 4.78 is 0. The number of anilines is 3. The molecule has 0 aliphatic rings. The maximum Gasteiger partial charge on any atom is 0.231 e. The van der Waals surface area contributed by atoms with E-state index in [2.05, 4.69) is 47.7 Å². The van der Waals surface area contributed by atoms with Gasteiger partial charge in [0.25, 0.3) is 0 Å². The van der Waals surface area contributed by atoms with E-state index < -0.39 is 5.41 Å². The van der Waals surface area contributed by atoms with E-state index in [-0.39, 0.29) is 5.91 Å². The van der Waals surface area contributed by atoms with Crippen LogP contribution in [0.3, 0.4) is 0 Å². The molecule has 2 aromatic heterocycles. The molecule has 0 aliphatic heterocycles. The Hall–Kier alpha value is -2.25. The minimum atomic E-state index is -0.455. The summed E-state index contributed by atoms with van der Waals surface area (Å²) in [6, 6.07) is 6.22. The quantitative estimate of drug-likeness (QED) is 0.570. The van der Waals surface area contributed by atoms with Gasteiger partial charge in [-0.05, 0) is 31.9 Å². The van der Waals surface area contributed by atoms with Crippen molar-refractivity contribution in [1.29, 1.82) is 0 Å². The van der Waals surface area contributed by atoms with Crippen LogP contribution >= 0.6 is 22.7 Å². The SMILES string of the molecule is Cc1cccc(C)c1Nc1nc(-c2sc(NC(=O)C(C)(C)C)nc2C)cs1. The number of rotatable bonds is 4. The van der Waals surface area contributed by atoms with E-state index in [1.54, 1.807) is 11.3 Å². The van der Waals surface area contributed by atoms with Gasteiger partial charge in [0.2, 0.25) is 5.91 Å². The van der Waals surface area contributed by atoms with Gasteiger partial charge in [-0.3, -0.25) is 4.79 Å². The lowest BCUT2D eigenvalue weighted by atomic mass is 9.96. The molecule has 3 rings (SSSR count). The molecule has 27 heavy (non-hydrogen) atoms. The Labute approximate surface area is 167 Å². The van der Waals surface area contributed by atoms with Gasteiger partial charge in [-0.25, -0.2) is 9.97 Å². The fourth-order valence-electron chi connectivity index (χ4n) is 2.53. The number of hydrogen-bond donors (Lipinski definition) is 2. The summed E-state index contributed by atoms with van der Waals surface area (Å²) in [7, 11) is 0. The zero-order valence-electron chi connectivity index (χ0n) is 16.4. The molecule has 7 heteroatoms. The van der Waals surface area contributed by atoms with Gasteiger partial charge in [-0.2, -0.15) is 0 Å². The lowest BCUT2D eigenvalue weighted by Gasteiger charge is -2.15. The van der Waals surface area contributed by atoms with Crippen molar-refractivity contribution in [2.24, 2.45) is 5.41 Å². The summed E-state index contributed by atoms with van der Waals surface area (Å²) in [5.41, 5.74) is 4.76. The average Bonchev–Trinajstić information content (AvgIpc) is 3.16. The summed E-state index contributed by atoms with van der Waals surface area (Å²) in [6.45, 7) is 11.8. The number of amides is 1. The predicted molar refractivity (Wildman–Crippen MR) is 115 cm³/mol. The molecule has 1 amide bonds. The topological polar surface area (TPSA) is 66.9 Å². The van der Waals surface area contributed by atoms with E-state index >= 15 is 0 Å². The first kappa shape index (κ1) is 19.5. The van der Waals surface area contributed by atoms with Crippen LogP contribution in [0, 0.1) is 26.2 Å². The third-order valence-corrected chi connectivity index (χ3v) is 6.00. The standard InChI is InChI=1S/C20H24N4OS2/c1-11-8-7-9-12(2)15(11)23-18-22-14(10-26-18)16-13(3)21-19(27-16)24-17(25)20(4,5)6/h7-10H,1-6H3,(H,22,23)(H,21,24,25). The van der Waals surface area contributed by atoms with Gasteiger partial charge >= 0.3 is 0 Å². The Balaban J connectivity index is 1.82. The summed E-state index contributed by atoms with van der Waals surface area (Å²) in [4.78, 5) is 22.4. The molecule has 0 fully saturated rings. The van der Waals surface area contributed by atoms with Crippen molar-refractivity contribution in [1.82, 2.24) is 9.97 Å². The molecule has 142 valence electrons. The molecular formula is C20H24N4OS2. The Bertz CT molecular complexity index is 962. The van der Waals surface area contributed by atoms with Gasteiger partial charge in [0, 0.05) is 16.5 Å². The Kier molecular flexibility index (Phi) is 5.35. The number of carbonyl (C=O) groups excluding carboxylic acids is 1. The predicted octanol–water partition coefficient (Wildman–Crippen LogP) is 5.92. The van der Waals surface area contributed by atoms with Crippen molar-refractivity contribution < 1.29 is 4.79 Å². The number of hydrogen-bond acceptors (Lipinski definition) is 6. The number of aromatic nitrogens is 2. The van der Waals surface area contributed by atoms with Gasteiger partial charge in [-0.15, -0.1) is 11.3 Å². The second-order valence-corrected chi connectivity index (χ2v) is 9.42. The first-order valence-electron chi connectivity index (χ1n) is 8.73. The van der Waals surface area contributed by atoms with Crippen molar-refractivity contribution in [3.8, 4) is 10.6 Å². The molecule has 0 unspecified atom stereocenters. The minimum Gasteiger partial charge on any atom is -0.331 e. The van der Waals surface area contributed by atoms with Gasteiger partial charge in [0.05, 0.1) is 16.3 Å². The first-order chi connectivity index (χ1) is 12.6. The van der Waals surface area contributed by atoms with E-state index in [0.717, 1.165) is 27.1 Å². The normalized spacial score (nSPS) is 11.5. The Morgan fingerprint density at radius 3 is 2.33 bits per heavy atom. The highest BCUT2D eigenvalue weighted by atomic mass is 32.1. The molecule has 0 saturated heterocycles. The van der Waals surface area contributed by atoms with E-state index in [1.807, 2.05) is 33.1 Å². The minimum absolute atomic E-state index is 0.0431. The van der Waals surface area contributed by atoms with Crippen molar-refractivity contribution in [3.05, 3.63) is 40.4 Å². The molecule has 0 bridgehead atoms. The fraction of sp³-hybridized carbons (Fsp3) is 0.350. The highest BCUT2D eigenvalue weighted by molar-refractivity contribution is 7.20. The third-order valence-electron chi connectivity index (χ3n) is 4.15. The van der Waals surface area contributed by atoms with E-state index in [0.29, 0.717) is 5.13 Å². The smallest absolute Gasteiger partial charge is 0.231 e. The number of carbonyl (C=O) groups is 1. The maximum atomic E-state index is 12.2. The summed E-state index contributed by atoms with van der Waals surface area (Å²) >= 11 is 3.02. The molecule has 1 aromatic carbocycles. The zero-order valence-corrected chi connectivity index (χ0v) is 18.1. The van der Waals surface area contributed by atoms with Crippen LogP contribution in [-0.4, -0.2) is 15.9 Å². The molecule has 0 radical (unpaired) electrons. The van der Waals surface area contributed by atoms with Crippen molar-refractivity contribution in [2.45, 2.75) is 41.5 Å². The van der Waals surface area contributed by atoms with Gasteiger partial charge in [-0.1, -0.05) is 50.3 Å². The molecule has 0 aliphatic carbocycles. The van der Waals surface area contributed by atoms with Crippen LogP contribution in [-0.2, 0) is 4.79 Å². The Morgan fingerprint density at radius 2 is 1.70 bits per heavy atom. The number of nitrogens with zero attached hydrogens (tertiary/aromatic N) is 2. The van der Waals surface area contributed by atoms with Crippen LogP contribution in [0.1, 0.15) is 37.6 Å². The Morgan fingerprint density at radius 1 is 1.04 bits per heavy atom.